The summed E-state index contributed by atoms with van der Waals surface area (Å²) in [6, 6.07) is 8.52. The van der Waals surface area contributed by atoms with Crippen molar-refractivity contribution in [2.24, 2.45) is 0 Å². The van der Waals surface area contributed by atoms with Crippen LogP contribution in [0.2, 0.25) is 0 Å². The number of sulfonamides is 1. The number of esters is 1. The van der Waals surface area contributed by atoms with E-state index in [4.69, 9.17) is 4.74 Å². The van der Waals surface area contributed by atoms with E-state index in [0.29, 0.717) is 16.8 Å². The minimum absolute atomic E-state index is 0.190. The molecule has 9 heteroatoms. The van der Waals surface area contributed by atoms with Gasteiger partial charge in [0, 0.05) is 5.69 Å². The Bertz CT molecular complexity index is 1020. The number of amides is 1. The Balaban J connectivity index is 2.32. The number of anilines is 2. The molecule has 0 heterocycles. The van der Waals surface area contributed by atoms with Gasteiger partial charge in [0.05, 0.1) is 24.1 Å². The first-order valence-corrected chi connectivity index (χ1v) is 11.3. The van der Waals surface area contributed by atoms with Crippen molar-refractivity contribution in [2.75, 3.05) is 22.5 Å². The van der Waals surface area contributed by atoms with Crippen molar-refractivity contribution < 1.29 is 27.1 Å². The molecule has 0 unspecified atom stereocenters. The van der Waals surface area contributed by atoms with Crippen molar-refractivity contribution >= 4 is 33.3 Å². The van der Waals surface area contributed by atoms with E-state index in [-0.39, 0.29) is 18.7 Å². The summed E-state index contributed by atoms with van der Waals surface area (Å²) in [5.41, 5.74) is 1.61. The summed E-state index contributed by atoms with van der Waals surface area (Å²) in [7, 11) is -3.82. The van der Waals surface area contributed by atoms with Crippen molar-refractivity contribution in [1.82, 2.24) is 0 Å². The Hall–Kier alpha value is -2.94. The summed E-state index contributed by atoms with van der Waals surface area (Å²) in [4.78, 5) is 24.8. The minimum atomic E-state index is -3.82. The largest absolute Gasteiger partial charge is 0.462 e. The van der Waals surface area contributed by atoms with Gasteiger partial charge in [0.2, 0.25) is 15.9 Å². The third-order valence-corrected chi connectivity index (χ3v) is 5.59. The van der Waals surface area contributed by atoms with Gasteiger partial charge in [-0.1, -0.05) is 6.92 Å². The van der Waals surface area contributed by atoms with Crippen LogP contribution in [0.5, 0.6) is 0 Å². The summed E-state index contributed by atoms with van der Waals surface area (Å²) in [6.45, 7) is 5.36. The molecule has 0 spiro atoms. The zero-order valence-electron chi connectivity index (χ0n) is 17.3. The number of benzene rings is 2. The molecule has 30 heavy (non-hydrogen) atoms. The maximum atomic E-state index is 13.3. The number of nitrogens with zero attached hydrogens (tertiary/aromatic N) is 1. The van der Waals surface area contributed by atoms with Gasteiger partial charge in [-0.3, -0.25) is 9.10 Å². The normalized spacial score (nSPS) is 12.2. The van der Waals surface area contributed by atoms with Gasteiger partial charge in [0.25, 0.3) is 0 Å². The summed E-state index contributed by atoms with van der Waals surface area (Å²) in [5.74, 6) is -1.52. The maximum absolute atomic E-state index is 13.3. The van der Waals surface area contributed by atoms with Crippen LogP contribution in [0.4, 0.5) is 15.8 Å². The molecule has 2 aromatic carbocycles. The molecular weight excluding hydrogens is 411 g/mol. The number of aryl methyl sites for hydroxylation is 1. The Morgan fingerprint density at radius 1 is 1.13 bits per heavy atom. The first kappa shape index (κ1) is 23.3. The fourth-order valence-corrected chi connectivity index (χ4v) is 4.22. The molecule has 1 N–H and O–H groups in total. The Morgan fingerprint density at radius 3 is 2.27 bits per heavy atom. The molecule has 0 bridgehead atoms. The van der Waals surface area contributed by atoms with E-state index in [1.54, 1.807) is 32.9 Å². The van der Waals surface area contributed by atoms with Gasteiger partial charge in [-0.15, -0.1) is 0 Å². The highest BCUT2D eigenvalue weighted by molar-refractivity contribution is 7.92. The zero-order valence-corrected chi connectivity index (χ0v) is 18.1. The number of ether oxygens (including phenoxy) is 1. The molecule has 2 aromatic rings. The van der Waals surface area contributed by atoms with E-state index in [1.165, 1.54) is 18.2 Å². The molecule has 1 atom stereocenters. The van der Waals surface area contributed by atoms with Crippen LogP contribution in [-0.2, 0) is 19.6 Å². The Labute approximate surface area is 175 Å². The van der Waals surface area contributed by atoms with E-state index in [0.717, 1.165) is 22.7 Å². The van der Waals surface area contributed by atoms with Crippen LogP contribution in [0.3, 0.4) is 0 Å². The van der Waals surface area contributed by atoms with Crippen LogP contribution in [0.1, 0.15) is 36.2 Å². The van der Waals surface area contributed by atoms with Gasteiger partial charge in [0.15, 0.2) is 0 Å². The standard InChI is InChI=1S/C21H25FN2O5S/c1-5-19(24(30(4,27)28)17-10-8-16(22)9-11-17)20(25)23-18-12-7-15(13-14(18)3)21(26)29-6-2/h7-13,19H,5-6H2,1-4H3,(H,23,25)/t19-/m1/s1. The third kappa shape index (κ3) is 5.56. The first-order chi connectivity index (χ1) is 14.1. The quantitative estimate of drug-likeness (QED) is 0.640. The lowest BCUT2D eigenvalue weighted by molar-refractivity contribution is -0.117. The van der Waals surface area contributed by atoms with Gasteiger partial charge < -0.3 is 10.1 Å². The molecule has 0 aliphatic rings. The molecule has 7 nitrogen and oxygen atoms in total. The molecule has 2 rings (SSSR count). The van der Waals surface area contributed by atoms with E-state index in [2.05, 4.69) is 5.32 Å². The third-order valence-electron chi connectivity index (χ3n) is 4.41. The lowest BCUT2D eigenvalue weighted by atomic mass is 10.1. The highest BCUT2D eigenvalue weighted by atomic mass is 32.2. The molecule has 0 aliphatic carbocycles. The maximum Gasteiger partial charge on any atom is 0.338 e. The fourth-order valence-electron chi connectivity index (χ4n) is 3.01. The van der Waals surface area contributed by atoms with Gasteiger partial charge in [-0.05, 0) is 68.3 Å². The average Bonchev–Trinajstić information content (AvgIpc) is 2.67. The molecule has 162 valence electrons. The number of carbonyl (C=O) groups excluding carboxylic acids is 2. The first-order valence-electron chi connectivity index (χ1n) is 9.42. The second-order valence-corrected chi connectivity index (χ2v) is 8.56. The van der Waals surface area contributed by atoms with E-state index >= 15 is 0 Å². The number of carbonyl (C=O) groups is 2. The lowest BCUT2D eigenvalue weighted by Gasteiger charge is -2.30. The van der Waals surface area contributed by atoms with Crippen LogP contribution in [0, 0.1) is 12.7 Å². The number of hydrogen-bond donors (Lipinski definition) is 1. The van der Waals surface area contributed by atoms with Crippen molar-refractivity contribution in [3.05, 3.63) is 59.4 Å². The summed E-state index contributed by atoms with van der Waals surface area (Å²) < 4.78 is 44.1. The van der Waals surface area contributed by atoms with E-state index in [9.17, 15) is 22.4 Å². The van der Waals surface area contributed by atoms with Gasteiger partial charge in [0.1, 0.15) is 11.9 Å². The fraction of sp³-hybridized carbons (Fsp3) is 0.333. The second kappa shape index (κ2) is 9.71. The molecular formula is C21H25FN2O5S. The van der Waals surface area contributed by atoms with Crippen LogP contribution >= 0.6 is 0 Å². The number of hydrogen-bond acceptors (Lipinski definition) is 5. The van der Waals surface area contributed by atoms with Gasteiger partial charge >= 0.3 is 5.97 Å². The van der Waals surface area contributed by atoms with Crippen molar-refractivity contribution in [2.45, 2.75) is 33.2 Å². The smallest absolute Gasteiger partial charge is 0.338 e. The predicted molar refractivity (Wildman–Crippen MR) is 114 cm³/mol. The number of halogens is 1. The van der Waals surface area contributed by atoms with Crippen LogP contribution < -0.4 is 9.62 Å². The van der Waals surface area contributed by atoms with E-state index in [1.807, 2.05) is 0 Å². The van der Waals surface area contributed by atoms with Gasteiger partial charge in [-0.2, -0.15) is 0 Å². The molecule has 0 saturated carbocycles. The number of rotatable bonds is 8. The number of nitrogens with one attached hydrogen (secondary N) is 1. The molecule has 0 aromatic heterocycles. The topological polar surface area (TPSA) is 92.8 Å². The van der Waals surface area contributed by atoms with Crippen molar-refractivity contribution in [3.8, 4) is 0 Å². The minimum Gasteiger partial charge on any atom is -0.462 e. The van der Waals surface area contributed by atoms with Crippen molar-refractivity contribution in [1.29, 1.82) is 0 Å². The highest BCUT2D eigenvalue weighted by Crippen LogP contribution is 2.24. The zero-order chi connectivity index (χ0) is 22.5. The Kier molecular flexibility index (Phi) is 7.55. The second-order valence-electron chi connectivity index (χ2n) is 6.70. The summed E-state index contributed by atoms with van der Waals surface area (Å²) in [5, 5.41) is 2.72. The predicted octanol–water partition coefficient (Wildman–Crippen LogP) is 3.49. The van der Waals surface area contributed by atoms with Gasteiger partial charge in [-0.25, -0.2) is 17.6 Å². The summed E-state index contributed by atoms with van der Waals surface area (Å²) in [6.07, 6.45) is 1.18. The SMILES string of the molecule is CCOC(=O)c1ccc(NC(=O)[C@@H](CC)N(c2ccc(F)cc2)S(C)(=O)=O)c(C)c1. The lowest BCUT2D eigenvalue weighted by Crippen LogP contribution is -2.47. The summed E-state index contributed by atoms with van der Waals surface area (Å²) >= 11 is 0. The van der Waals surface area contributed by atoms with Crippen LogP contribution in [0.25, 0.3) is 0 Å². The monoisotopic (exact) mass is 436 g/mol. The Morgan fingerprint density at radius 2 is 1.77 bits per heavy atom. The highest BCUT2D eigenvalue weighted by Gasteiger charge is 2.31. The van der Waals surface area contributed by atoms with Crippen LogP contribution in [0.15, 0.2) is 42.5 Å². The molecule has 0 aliphatic heterocycles. The molecule has 0 fully saturated rings. The molecule has 0 radical (unpaired) electrons. The molecule has 0 saturated heterocycles. The van der Waals surface area contributed by atoms with E-state index < -0.39 is 33.8 Å². The van der Waals surface area contributed by atoms with Crippen molar-refractivity contribution in [3.63, 3.8) is 0 Å². The average molecular weight is 437 g/mol. The molecule has 1 amide bonds. The van der Waals surface area contributed by atoms with Crippen LogP contribution in [-0.4, -0.2) is 39.2 Å².